The summed E-state index contributed by atoms with van der Waals surface area (Å²) in [6.07, 6.45) is 1.46. The highest BCUT2D eigenvalue weighted by molar-refractivity contribution is 9.10. The molecule has 0 unspecified atom stereocenters. The summed E-state index contributed by atoms with van der Waals surface area (Å²) in [5.41, 5.74) is 4.96. The summed E-state index contributed by atoms with van der Waals surface area (Å²) in [6, 6.07) is 10.7. The minimum atomic E-state index is -1.23. The number of benzene rings is 2. The average molecular weight is 514 g/mol. The van der Waals surface area contributed by atoms with E-state index in [1.807, 2.05) is 0 Å². The van der Waals surface area contributed by atoms with Crippen molar-refractivity contribution in [1.82, 2.24) is 9.99 Å². The number of carbonyl (C=O) groups excluding carboxylic acids is 1. The molecular formula is C23H20BrN3O6. The van der Waals surface area contributed by atoms with E-state index in [1.54, 1.807) is 42.7 Å². The number of nitrogens with one attached hydrogen (secondary N) is 1. The monoisotopic (exact) mass is 513 g/mol. The summed E-state index contributed by atoms with van der Waals surface area (Å²) in [6.45, 7) is 3.57. The molecule has 0 atom stereocenters. The van der Waals surface area contributed by atoms with Crippen molar-refractivity contribution in [3.63, 3.8) is 0 Å². The van der Waals surface area contributed by atoms with Crippen LogP contribution < -0.4 is 10.2 Å². The van der Waals surface area contributed by atoms with E-state index in [4.69, 9.17) is 4.74 Å². The van der Waals surface area contributed by atoms with Crippen molar-refractivity contribution in [2.45, 2.75) is 13.8 Å². The molecule has 0 saturated heterocycles. The Morgan fingerprint density at radius 1 is 1.03 bits per heavy atom. The van der Waals surface area contributed by atoms with Gasteiger partial charge in [0.25, 0.3) is 5.91 Å². The molecule has 33 heavy (non-hydrogen) atoms. The molecule has 0 aliphatic rings. The molecule has 3 rings (SSSR count). The number of aryl methyl sites for hydroxylation is 1. The van der Waals surface area contributed by atoms with Crippen molar-refractivity contribution in [2.75, 3.05) is 7.11 Å². The van der Waals surface area contributed by atoms with Crippen LogP contribution in [0.5, 0.6) is 5.75 Å². The lowest BCUT2D eigenvalue weighted by Crippen LogP contribution is -2.18. The Hall–Kier alpha value is -3.92. The third-order valence-electron chi connectivity index (χ3n) is 4.92. The van der Waals surface area contributed by atoms with Gasteiger partial charge in [0.05, 0.1) is 30.0 Å². The highest BCUT2D eigenvalue weighted by Crippen LogP contribution is 2.24. The summed E-state index contributed by atoms with van der Waals surface area (Å²) in [7, 11) is 1.47. The molecule has 3 N–H and O–H groups in total. The van der Waals surface area contributed by atoms with E-state index in [2.05, 4.69) is 26.5 Å². The largest absolute Gasteiger partial charge is 0.496 e. The molecule has 0 fully saturated rings. The van der Waals surface area contributed by atoms with Gasteiger partial charge in [0.1, 0.15) is 5.75 Å². The van der Waals surface area contributed by atoms with Gasteiger partial charge in [0, 0.05) is 27.1 Å². The van der Waals surface area contributed by atoms with E-state index in [1.165, 1.54) is 25.5 Å². The smallest absolute Gasteiger partial charge is 0.335 e. The number of carbonyl (C=O) groups is 3. The second-order valence-electron chi connectivity index (χ2n) is 7.08. The van der Waals surface area contributed by atoms with Gasteiger partial charge in [-0.2, -0.15) is 5.10 Å². The summed E-state index contributed by atoms with van der Waals surface area (Å²) in [5.74, 6) is -2.52. The maximum Gasteiger partial charge on any atom is 0.335 e. The molecule has 1 aromatic heterocycles. The topological polar surface area (TPSA) is 130 Å². The fraction of sp³-hybridized carbons (Fsp3) is 0.130. The minimum absolute atomic E-state index is 0.136. The van der Waals surface area contributed by atoms with Crippen molar-refractivity contribution in [3.8, 4) is 11.4 Å². The number of hydrogen-bond donors (Lipinski definition) is 3. The summed E-state index contributed by atoms with van der Waals surface area (Å²) < 4.78 is 7.64. The number of aromatic carboxylic acids is 2. The van der Waals surface area contributed by atoms with Crippen LogP contribution in [0, 0.1) is 13.8 Å². The Kier molecular flexibility index (Phi) is 6.98. The van der Waals surface area contributed by atoms with Crippen LogP contribution in [0.25, 0.3) is 5.69 Å². The highest BCUT2D eigenvalue weighted by Gasteiger charge is 2.16. The molecule has 0 bridgehead atoms. The lowest BCUT2D eigenvalue weighted by atomic mass is 10.1. The Labute approximate surface area is 197 Å². The molecule has 2 aromatic carbocycles. The molecule has 0 radical (unpaired) electrons. The van der Waals surface area contributed by atoms with Crippen molar-refractivity contribution < 1.29 is 29.3 Å². The zero-order valence-corrected chi connectivity index (χ0v) is 19.5. The van der Waals surface area contributed by atoms with Crippen LogP contribution >= 0.6 is 15.9 Å². The quantitative estimate of drug-likeness (QED) is 0.323. The number of methoxy groups -OCH3 is 1. The zero-order chi connectivity index (χ0) is 24.3. The number of nitrogens with zero attached hydrogens (tertiary/aromatic N) is 2. The van der Waals surface area contributed by atoms with Crippen LogP contribution in [-0.4, -0.2) is 46.0 Å². The molecule has 0 saturated carbocycles. The van der Waals surface area contributed by atoms with Crippen LogP contribution in [0.1, 0.15) is 48.0 Å². The van der Waals surface area contributed by atoms with Gasteiger partial charge in [0.2, 0.25) is 0 Å². The molecule has 0 aliphatic carbocycles. The first-order chi connectivity index (χ1) is 15.6. The van der Waals surface area contributed by atoms with Crippen molar-refractivity contribution in [3.05, 3.63) is 80.6 Å². The van der Waals surface area contributed by atoms with E-state index in [9.17, 15) is 24.6 Å². The molecule has 0 aliphatic heterocycles. The Balaban J connectivity index is 1.91. The first-order valence-corrected chi connectivity index (χ1v) is 10.4. The lowest BCUT2D eigenvalue weighted by Gasteiger charge is -2.12. The van der Waals surface area contributed by atoms with Crippen LogP contribution in [-0.2, 0) is 0 Å². The van der Waals surface area contributed by atoms with Gasteiger partial charge in [-0.15, -0.1) is 0 Å². The zero-order valence-electron chi connectivity index (χ0n) is 17.9. The number of hydrazone groups is 1. The number of ether oxygens (including phenoxy) is 1. The van der Waals surface area contributed by atoms with Gasteiger partial charge >= 0.3 is 11.9 Å². The molecule has 1 amide bonds. The fourth-order valence-corrected chi connectivity index (χ4v) is 3.74. The van der Waals surface area contributed by atoms with Crippen molar-refractivity contribution in [2.24, 2.45) is 5.10 Å². The van der Waals surface area contributed by atoms with Crippen molar-refractivity contribution >= 4 is 40.0 Å². The van der Waals surface area contributed by atoms with E-state index < -0.39 is 17.8 Å². The first kappa shape index (κ1) is 23.7. The molecule has 10 heteroatoms. The predicted octanol–water partition coefficient (Wildman–Crippen LogP) is 4.03. The standard InChI is InChI=1S/C23H20BrN3O6/c1-12-6-16(11-25-26-21(28)19-10-17(24)4-5-20(19)33-3)13(2)27(12)18-8-14(22(29)30)7-15(9-18)23(31)32/h4-11H,1-3H3,(H,26,28)(H,29,30)(H,31,32)/b25-11+. The number of amides is 1. The molecule has 1 heterocycles. The van der Waals surface area contributed by atoms with E-state index in [0.29, 0.717) is 32.7 Å². The summed E-state index contributed by atoms with van der Waals surface area (Å²) in [4.78, 5) is 35.4. The SMILES string of the molecule is COc1ccc(Br)cc1C(=O)N/N=C/c1cc(C)n(-c2cc(C(=O)O)cc(C(=O)O)c2)c1C. The normalized spacial score (nSPS) is 10.9. The number of halogens is 1. The molecule has 170 valence electrons. The average Bonchev–Trinajstić information content (AvgIpc) is 3.06. The second-order valence-corrected chi connectivity index (χ2v) is 8.00. The first-order valence-electron chi connectivity index (χ1n) is 9.60. The maximum atomic E-state index is 12.5. The second kappa shape index (κ2) is 9.70. The predicted molar refractivity (Wildman–Crippen MR) is 125 cm³/mol. The maximum absolute atomic E-state index is 12.5. The highest BCUT2D eigenvalue weighted by atomic mass is 79.9. The van der Waals surface area contributed by atoms with Crippen LogP contribution in [0.3, 0.4) is 0 Å². The van der Waals surface area contributed by atoms with Crippen molar-refractivity contribution in [1.29, 1.82) is 0 Å². The number of hydrogen-bond acceptors (Lipinski definition) is 5. The fourth-order valence-electron chi connectivity index (χ4n) is 3.38. The van der Waals surface area contributed by atoms with E-state index in [-0.39, 0.29) is 11.1 Å². The summed E-state index contributed by atoms with van der Waals surface area (Å²) in [5, 5.41) is 22.7. The lowest BCUT2D eigenvalue weighted by molar-refractivity contribution is 0.0696. The van der Waals surface area contributed by atoms with Gasteiger partial charge < -0.3 is 19.5 Å². The summed E-state index contributed by atoms with van der Waals surface area (Å²) >= 11 is 3.32. The van der Waals surface area contributed by atoms with Crippen LogP contribution in [0.15, 0.2) is 52.0 Å². The van der Waals surface area contributed by atoms with Gasteiger partial charge in [-0.05, 0) is 56.3 Å². The van der Waals surface area contributed by atoms with Gasteiger partial charge in [-0.3, -0.25) is 4.79 Å². The van der Waals surface area contributed by atoms with Gasteiger partial charge in [-0.25, -0.2) is 15.0 Å². The Morgan fingerprint density at radius 3 is 2.24 bits per heavy atom. The molecule has 0 spiro atoms. The molecule has 3 aromatic rings. The molecular weight excluding hydrogens is 494 g/mol. The third kappa shape index (κ3) is 5.12. The van der Waals surface area contributed by atoms with Gasteiger partial charge in [0.15, 0.2) is 0 Å². The van der Waals surface area contributed by atoms with E-state index in [0.717, 1.165) is 11.8 Å². The Morgan fingerprint density at radius 2 is 1.67 bits per heavy atom. The molecule has 9 nitrogen and oxygen atoms in total. The number of carboxylic acids is 2. The number of aromatic nitrogens is 1. The minimum Gasteiger partial charge on any atom is -0.496 e. The van der Waals surface area contributed by atoms with Crippen LogP contribution in [0.4, 0.5) is 0 Å². The van der Waals surface area contributed by atoms with Gasteiger partial charge in [-0.1, -0.05) is 15.9 Å². The number of rotatable bonds is 7. The van der Waals surface area contributed by atoms with Crippen LogP contribution in [0.2, 0.25) is 0 Å². The number of carboxylic acid groups (broad SMARTS) is 2. The Bertz CT molecular complexity index is 1260. The van der Waals surface area contributed by atoms with E-state index >= 15 is 0 Å². The third-order valence-corrected chi connectivity index (χ3v) is 5.41.